The summed E-state index contributed by atoms with van der Waals surface area (Å²) in [4.78, 5) is 12.5. The van der Waals surface area contributed by atoms with Crippen molar-refractivity contribution in [3.8, 4) is 0 Å². The molecule has 4 heteroatoms. The SMILES string of the molecule is Cl.Nc1ccc2c(c1)CCCC2NC(=O)CCc1ccc2ccccc2c1. The molecule has 140 valence electrons. The smallest absolute Gasteiger partial charge is 0.220 e. The van der Waals surface area contributed by atoms with Gasteiger partial charge in [0.1, 0.15) is 0 Å². The molecule has 1 unspecified atom stereocenters. The lowest BCUT2D eigenvalue weighted by Gasteiger charge is -2.26. The Morgan fingerprint density at radius 3 is 2.70 bits per heavy atom. The van der Waals surface area contributed by atoms with Gasteiger partial charge in [0, 0.05) is 12.1 Å². The van der Waals surface area contributed by atoms with Gasteiger partial charge in [-0.05, 0) is 65.3 Å². The highest BCUT2D eigenvalue weighted by Gasteiger charge is 2.21. The summed E-state index contributed by atoms with van der Waals surface area (Å²) in [5, 5.41) is 5.68. The molecule has 0 radical (unpaired) electrons. The molecule has 3 aromatic rings. The lowest BCUT2D eigenvalue weighted by atomic mass is 9.87. The van der Waals surface area contributed by atoms with Gasteiger partial charge in [0.2, 0.25) is 5.91 Å². The van der Waals surface area contributed by atoms with Crippen molar-refractivity contribution in [2.75, 3.05) is 5.73 Å². The molecule has 3 N–H and O–H groups in total. The number of hydrogen-bond acceptors (Lipinski definition) is 2. The van der Waals surface area contributed by atoms with E-state index in [9.17, 15) is 4.79 Å². The van der Waals surface area contributed by atoms with Crippen molar-refractivity contribution < 1.29 is 4.79 Å². The van der Waals surface area contributed by atoms with E-state index in [1.807, 2.05) is 24.3 Å². The Morgan fingerprint density at radius 1 is 1.04 bits per heavy atom. The van der Waals surface area contributed by atoms with Crippen LogP contribution in [0.3, 0.4) is 0 Å². The quantitative estimate of drug-likeness (QED) is 0.628. The van der Waals surface area contributed by atoms with Crippen LogP contribution in [-0.4, -0.2) is 5.91 Å². The van der Waals surface area contributed by atoms with Crippen molar-refractivity contribution in [2.45, 2.75) is 38.1 Å². The maximum atomic E-state index is 12.5. The Balaban J connectivity index is 0.00000210. The second kappa shape index (κ2) is 8.45. The minimum atomic E-state index is 0. The molecule has 0 spiro atoms. The number of nitrogens with two attached hydrogens (primary N) is 1. The maximum absolute atomic E-state index is 12.5. The van der Waals surface area contributed by atoms with E-state index in [0.717, 1.165) is 31.4 Å². The van der Waals surface area contributed by atoms with Gasteiger partial charge < -0.3 is 11.1 Å². The molecule has 1 amide bonds. The second-order valence-electron chi connectivity index (χ2n) is 7.15. The van der Waals surface area contributed by atoms with E-state index in [2.05, 4.69) is 41.7 Å². The number of hydrogen-bond donors (Lipinski definition) is 2. The minimum absolute atomic E-state index is 0. The predicted octanol–water partition coefficient (Wildman–Crippen LogP) is 4.97. The van der Waals surface area contributed by atoms with Crippen LogP contribution in [0.1, 0.15) is 42.0 Å². The first-order valence-electron chi connectivity index (χ1n) is 9.34. The topological polar surface area (TPSA) is 55.1 Å². The lowest BCUT2D eigenvalue weighted by Crippen LogP contribution is -2.31. The molecule has 0 aromatic heterocycles. The first-order chi connectivity index (χ1) is 12.7. The average molecular weight is 381 g/mol. The summed E-state index contributed by atoms with van der Waals surface area (Å²) >= 11 is 0. The van der Waals surface area contributed by atoms with Gasteiger partial charge in [-0.2, -0.15) is 0 Å². The van der Waals surface area contributed by atoms with Crippen LogP contribution in [0, 0.1) is 0 Å². The average Bonchev–Trinajstić information content (AvgIpc) is 2.66. The number of nitrogens with one attached hydrogen (secondary N) is 1. The number of rotatable bonds is 4. The number of amides is 1. The summed E-state index contributed by atoms with van der Waals surface area (Å²) in [6, 6.07) is 20.9. The van der Waals surface area contributed by atoms with Gasteiger partial charge in [-0.3, -0.25) is 4.79 Å². The third-order valence-electron chi connectivity index (χ3n) is 5.27. The fourth-order valence-corrected chi connectivity index (χ4v) is 3.90. The molecule has 1 aliphatic carbocycles. The number of fused-ring (bicyclic) bond motifs is 2. The first kappa shape index (κ1) is 19.2. The number of nitrogen functional groups attached to an aromatic ring is 1. The van der Waals surface area contributed by atoms with Gasteiger partial charge >= 0.3 is 0 Å². The maximum Gasteiger partial charge on any atom is 0.220 e. The summed E-state index contributed by atoms with van der Waals surface area (Å²) in [6.45, 7) is 0. The van der Waals surface area contributed by atoms with Crippen LogP contribution in [0.5, 0.6) is 0 Å². The lowest BCUT2D eigenvalue weighted by molar-refractivity contribution is -0.121. The molecule has 1 atom stereocenters. The number of halogens is 1. The first-order valence-corrected chi connectivity index (χ1v) is 9.34. The van der Waals surface area contributed by atoms with E-state index < -0.39 is 0 Å². The third kappa shape index (κ3) is 4.42. The fraction of sp³-hybridized carbons (Fsp3) is 0.261. The summed E-state index contributed by atoms with van der Waals surface area (Å²) in [7, 11) is 0. The Hall–Kier alpha value is -2.52. The zero-order chi connectivity index (χ0) is 17.9. The van der Waals surface area contributed by atoms with Crippen LogP contribution in [0.15, 0.2) is 60.7 Å². The molecule has 3 aromatic carbocycles. The van der Waals surface area contributed by atoms with Crippen molar-refractivity contribution >= 4 is 34.8 Å². The molecule has 0 bridgehead atoms. The number of benzene rings is 3. The Kier molecular flexibility index (Phi) is 6.02. The Labute approximate surface area is 166 Å². The second-order valence-corrected chi connectivity index (χ2v) is 7.15. The van der Waals surface area contributed by atoms with Gasteiger partial charge in [0.25, 0.3) is 0 Å². The van der Waals surface area contributed by atoms with E-state index >= 15 is 0 Å². The molecule has 0 aliphatic heterocycles. The molecule has 27 heavy (non-hydrogen) atoms. The van der Waals surface area contributed by atoms with E-state index in [4.69, 9.17) is 5.73 Å². The highest BCUT2D eigenvalue weighted by atomic mass is 35.5. The molecule has 0 fully saturated rings. The van der Waals surface area contributed by atoms with E-state index in [1.54, 1.807) is 0 Å². The van der Waals surface area contributed by atoms with Crippen LogP contribution < -0.4 is 11.1 Å². The Morgan fingerprint density at radius 2 is 1.85 bits per heavy atom. The number of aryl methyl sites for hydroxylation is 2. The van der Waals surface area contributed by atoms with Gasteiger partial charge in [-0.1, -0.05) is 48.5 Å². The van der Waals surface area contributed by atoms with Crippen LogP contribution in [0.2, 0.25) is 0 Å². The molecule has 0 heterocycles. The summed E-state index contributed by atoms with van der Waals surface area (Å²) < 4.78 is 0. The molecule has 0 saturated carbocycles. The van der Waals surface area contributed by atoms with Gasteiger partial charge in [-0.25, -0.2) is 0 Å². The molecule has 4 rings (SSSR count). The molecule has 3 nitrogen and oxygen atoms in total. The van der Waals surface area contributed by atoms with Gasteiger partial charge in [0.15, 0.2) is 0 Å². The van der Waals surface area contributed by atoms with E-state index in [-0.39, 0.29) is 24.4 Å². The van der Waals surface area contributed by atoms with E-state index in [1.165, 1.54) is 27.5 Å². The predicted molar refractivity (Wildman–Crippen MR) is 114 cm³/mol. The van der Waals surface area contributed by atoms with Crippen LogP contribution in [0.25, 0.3) is 10.8 Å². The normalized spacial score (nSPS) is 15.6. The van der Waals surface area contributed by atoms with Gasteiger partial charge in [0.05, 0.1) is 6.04 Å². The van der Waals surface area contributed by atoms with Crippen molar-refractivity contribution in [1.29, 1.82) is 0 Å². The largest absolute Gasteiger partial charge is 0.399 e. The zero-order valence-corrected chi connectivity index (χ0v) is 16.1. The van der Waals surface area contributed by atoms with Crippen molar-refractivity contribution in [3.05, 3.63) is 77.4 Å². The molecule has 0 saturated heterocycles. The van der Waals surface area contributed by atoms with Crippen molar-refractivity contribution in [1.82, 2.24) is 5.32 Å². The summed E-state index contributed by atoms with van der Waals surface area (Å²) in [6.07, 6.45) is 4.41. The molecular weight excluding hydrogens is 356 g/mol. The number of carbonyl (C=O) groups is 1. The fourth-order valence-electron chi connectivity index (χ4n) is 3.90. The van der Waals surface area contributed by atoms with Crippen molar-refractivity contribution in [3.63, 3.8) is 0 Å². The minimum Gasteiger partial charge on any atom is -0.399 e. The highest BCUT2D eigenvalue weighted by Crippen LogP contribution is 2.31. The standard InChI is InChI=1S/C23H24N2O.ClH/c24-20-11-12-21-19(15-20)6-3-7-22(21)25-23(26)13-9-16-8-10-17-4-1-2-5-18(17)14-16;/h1-2,4-5,8,10-12,14-15,22H,3,6-7,9,13,24H2,(H,25,26);1H. The monoisotopic (exact) mass is 380 g/mol. The highest BCUT2D eigenvalue weighted by molar-refractivity contribution is 5.85. The molecular formula is C23H25ClN2O. The van der Waals surface area contributed by atoms with Crippen LogP contribution >= 0.6 is 12.4 Å². The molecule has 1 aliphatic rings. The summed E-state index contributed by atoms with van der Waals surface area (Å²) in [5.41, 5.74) is 10.4. The summed E-state index contributed by atoms with van der Waals surface area (Å²) in [5.74, 6) is 0.118. The van der Waals surface area contributed by atoms with E-state index in [0.29, 0.717) is 6.42 Å². The van der Waals surface area contributed by atoms with Crippen LogP contribution in [-0.2, 0) is 17.6 Å². The Bertz CT molecular complexity index is 954. The number of anilines is 1. The zero-order valence-electron chi connectivity index (χ0n) is 15.3. The third-order valence-corrected chi connectivity index (χ3v) is 5.27. The van der Waals surface area contributed by atoms with Crippen LogP contribution in [0.4, 0.5) is 5.69 Å². The van der Waals surface area contributed by atoms with Gasteiger partial charge in [-0.15, -0.1) is 12.4 Å². The van der Waals surface area contributed by atoms with Crippen molar-refractivity contribution in [2.24, 2.45) is 0 Å². The number of carbonyl (C=O) groups excluding carboxylic acids is 1.